The molecule has 0 heterocycles. The van der Waals surface area contributed by atoms with E-state index < -0.39 is 7.26 Å². The first kappa shape index (κ1) is 26.4. The first-order valence-corrected chi connectivity index (χ1v) is 14.0. The van der Waals surface area contributed by atoms with E-state index in [4.69, 9.17) is 4.74 Å². The zero-order chi connectivity index (χ0) is 24.6. The lowest BCUT2D eigenvalue weighted by Crippen LogP contribution is -3.00. The molecule has 0 amide bonds. The van der Waals surface area contributed by atoms with Crippen LogP contribution in [0.2, 0.25) is 0 Å². The Morgan fingerprint density at radius 3 is 1.54 bits per heavy atom. The molecule has 0 fully saturated rings. The Bertz CT molecular complexity index is 1330. The minimum absolute atomic E-state index is 0. The largest absolute Gasteiger partial charge is 1.00 e. The van der Waals surface area contributed by atoms with Crippen molar-refractivity contribution in [2.45, 2.75) is 0 Å². The van der Waals surface area contributed by atoms with Gasteiger partial charge in [-0.15, -0.1) is 0 Å². The Labute approximate surface area is 225 Å². The van der Waals surface area contributed by atoms with Crippen LogP contribution in [0.5, 0.6) is 11.5 Å². The highest BCUT2D eigenvalue weighted by molar-refractivity contribution is 7.95. The predicted molar refractivity (Wildman–Crippen MR) is 152 cm³/mol. The molecule has 0 saturated carbocycles. The SMILES string of the molecule is Fc1ccc(C=CC[P+](c2ccccc2)(c2ccccc2)c2ccccc2)cc1Oc1ccccc1.[Cl-]. The van der Waals surface area contributed by atoms with Crippen LogP contribution in [0, 0.1) is 5.82 Å². The Hall–Kier alpha value is -3.71. The second-order valence-electron chi connectivity index (χ2n) is 8.51. The topological polar surface area (TPSA) is 9.23 Å². The van der Waals surface area contributed by atoms with Crippen molar-refractivity contribution in [3.63, 3.8) is 0 Å². The summed E-state index contributed by atoms with van der Waals surface area (Å²) in [6.07, 6.45) is 5.14. The highest BCUT2D eigenvalue weighted by atomic mass is 35.5. The molecule has 0 radical (unpaired) electrons. The van der Waals surface area contributed by atoms with E-state index >= 15 is 0 Å². The summed E-state index contributed by atoms with van der Waals surface area (Å²) in [6, 6.07) is 46.7. The van der Waals surface area contributed by atoms with Crippen LogP contribution < -0.4 is 33.1 Å². The van der Waals surface area contributed by atoms with Gasteiger partial charge in [-0.2, -0.15) is 0 Å². The summed E-state index contributed by atoms with van der Waals surface area (Å²) in [5, 5.41) is 4.00. The summed E-state index contributed by atoms with van der Waals surface area (Å²) in [5.74, 6) is 0.453. The van der Waals surface area contributed by atoms with Gasteiger partial charge in [-0.1, -0.05) is 84.9 Å². The van der Waals surface area contributed by atoms with Crippen molar-refractivity contribution >= 4 is 29.3 Å². The monoisotopic (exact) mass is 524 g/mol. The van der Waals surface area contributed by atoms with E-state index in [9.17, 15) is 4.39 Å². The number of halogens is 2. The number of benzene rings is 5. The van der Waals surface area contributed by atoms with E-state index in [-0.39, 0.29) is 24.0 Å². The van der Waals surface area contributed by atoms with E-state index in [0.717, 1.165) is 11.7 Å². The van der Waals surface area contributed by atoms with Crippen molar-refractivity contribution in [1.29, 1.82) is 0 Å². The summed E-state index contributed by atoms with van der Waals surface area (Å²) in [7, 11) is -1.96. The maximum atomic E-state index is 14.5. The van der Waals surface area contributed by atoms with Gasteiger partial charge in [0.25, 0.3) is 0 Å². The lowest BCUT2D eigenvalue weighted by Gasteiger charge is -2.26. The Kier molecular flexibility index (Phi) is 8.90. The van der Waals surface area contributed by atoms with Gasteiger partial charge < -0.3 is 17.1 Å². The summed E-state index contributed by atoms with van der Waals surface area (Å²) in [4.78, 5) is 0. The van der Waals surface area contributed by atoms with Gasteiger partial charge >= 0.3 is 0 Å². The standard InChI is InChI=1S/C33H27FOP.ClH/c34-32-24-23-27(26-33(32)35-28-15-5-1-6-16-28)14-13-25-36(29-17-7-2-8-18-29,30-19-9-3-10-20-30)31-21-11-4-12-22-31;/h1-24,26H,25H2;1H/q+1;/p-1. The lowest BCUT2D eigenvalue weighted by atomic mass is 10.2. The molecule has 0 saturated heterocycles. The molecule has 0 aliphatic rings. The fraction of sp³-hybridized carbons (Fsp3) is 0.0303. The molecule has 0 unspecified atom stereocenters. The molecule has 0 N–H and O–H groups in total. The molecule has 37 heavy (non-hydrogen) atoms. The lowest BCUT2D eigenvalue weighted by molar-refractivity contribution is -0.00000786. The van der Waals surface area contributed by atoms with Crippen molar-refractivity contribution in [1.82, 2.24) is 0 Å². The van der Waals surface area contributed by atoms with Crippen molar-refractivity contribution in [2.75, 3.05) is 6.16 Å². The third kappa shape index (κ3) is 6.00. The number of hydrogen-bond acceptors (Lipinski definition) is 1. The van der Waals surface area contributed by atoms with Crippen LogP contribution in [0.1, 0.15) is 5.56 Å². The maximum Gasteiger partial charge on any atom is 0.165 e. The van der Waals surface area contributed by atoms with Crippen LogP contribution in [0.15, 0.2) is 146 Å². The molecule has 5 rings (SSSR count). The van der Waals surface area contributed by atoms with E-state index in [2.05, 4.69) is 103 Å². The van der Waals surface area contributed by atoms with Gasteiger partial charge in [0.2, 0.25) is 0 Å². The zero-order valence-electron chi connectivity index (χ0n) is 20.3. The van der Waals surface area contributed by atoms with E-state index in [1.54, 1.807) is 12.1 Å². The fourth-order valence-electron chi connectivity index (χ4n) is 4.48. The van der Waals surface area contributed by atoms with Crippen LogP contribution in [0.25, 0.3) is 6.08 Å². The molecule has 0 aliphatic carbocycles. The summed E-state index contributed by atoms with van der Waals surface area (Å²) in [5.41, 5.74) is 0.898. The highest BCUT2D eigenvalue weighted by Crippen LogP contribution is 2.55. The molecule has 0 spiro atoms. The third-order valence-corrected chi connectivity index (χ3v) is 10.5. The molecule has 4 heteroatoms. The second-order valence-corrected chi connectivity index (χ2v) is 12.0. The van der Waals surface area contributed by atoms with Gasteiger partial charge in [0.15, 0.2) is 11.6 Å². The average Bonchev–Trinajstić information content (AvgIpc) is 2.95. The summed E-state index contributed by atoms with van der Waals surface area (Å²) >= 11 is 0. The van der Waals surface area contributed by atoms with Crippen molar-refractivity contribution in [3.8, 4) is 11.5 Å². The number of ether oxygens (including phenoxy) is 1. The van der Waals surface area contributed by atoms with Gasteiger partial charge in [0.1, 0.15) is 28.9 Å². The zero-order valence-corrected chi connectivity index (χ0v) is 21.9. The first-order valence-electron chi connectivity index (χ1n) is 12.0. The van der Waals surface area contributed by atoms with Crippen molar-refractivity contribution in [2.24, 2.45) is 0 Å². The first-order chi connectivity index (χ1) is 17.8. The summed E-state index contributed by atoms with van der Waals surface area (Å²) in [6.45, 7) is 0. The Morgan fingerprint density at radius 2 is 1.05 bits per heavy atom. The predicted octanol–water partition coefficient (Wildman–Crippen LogP) is 4.63. The number of para-hydroxylation sites is 1. The molecular formula is C33H27ClFOP. The molecule has 0 aromatic heterocycles. The van der Waals surface area contributed by atoms with Gasteiger partial charge in [-0.05, 0) is 72.3 Å². The Balaban J connectivity index is 0.00000320. The number of hydrogen-bond donors (Lipinski definition) is 0. The van der Waals surface area contributed by atoms with Crippen LogP contribution in [0.4, 0.5) is 4.39 Å². The van der Waals surface area contributed by atoms with E-state index in [1.165, 1.54) is 22.0 Å². The summed E-state index contributed by atoms with van der Waals surface area (Å²) < 4.78 is 20.3. The van der Waals surface area contributed by atoms with Crippen LogP contribution >= 0.6 is 7.26 Å². The molecule has 1 nitrogen and oxygen atoms in total. The second kappa shape index (κ2) is 12.5. The third-order valence-electron chi connectivity index (χ3n) is 6.21. The molecule has 184 valence electrons. The molecule has 0 bridgehead atoms. The fourth-order valence-corrected chi connectivity index (χ4v) is 8.47. The maximum absolute atomic E-state index is 14.5. The normalized spacial score (nSPS) is 11.2. The average molecular weight is 525 g/mol. The highest BCUT2D eigenvalue weighted by Gasteiger charge is 2.44. The smallest absolute Gasteiger partial charge is 0.165 e. The number of allylic oxidation sites excluding steroid dienone is 1. The van der Waals surface area contributed by atoms with E-state index in [1.807, 2.05) is 30.3 Å². The van der Waals surface area contributed by atoms with Gasteiger partial charge in [0, 0.05) is 0 Å². The van der Waals surface area contributed by atoms with Gasteiger partial charge in [0.05, 0.1) is 6.16 Å². The van der Waals surface area contributed by atoms with Crippen LogP contribution in [-0.2, 0) is 0 Å². The van der Waals surface area contributed by atoms with Crippen LogP contribution in [-0.4, -0.2) is 6.16 Å². The van der Waals surface area contributed by atoms with Crippen molar-refractivity contribution in [3.05, 3.63) is 157 Å². The van der Waals surface area contributed by atoms with Crippen molar-refractivity contribution < 1.29 is 21.5 Å². The van der Waals surface area contributed by atoms with Gasteiger partial charge in [-0.25, -0.2) is 4.39 Å². The van der Waals surface area contributed by atoms with Crippen LogP contribution in [0.3, 0.4) is 0 Å². The molecule has 0 atom stereocenters. The Morgan fingerprint density at radius 1 is 0.595 bits per heavy atom. The quantitative estimate of drug-likeness (QED) is 0.269. The number of rotatable bonds is 8. The minimum atomic E-state index is -1.96. The molecule has 5 aromatic rings. The molecular weight excluding hydrogens is 498 g/mol. The van der Waals surface area contributed by atoms with Gasteiger partial charge in [-0.3, -0.25) is 0 Å². The molecule has 0 aliphatic heterocycles. The van der Waals surface area contributed by atoms with E-state index in [0.29, 0.717) is 5.75 Å². The minimum Gasteiger partial charge on any atom is -1.00 e. The molecule has 5 aromatic carbocycles.